The van der Waals surface area contributed by atoms with Gasteiger partial charge in [0.05, 0.1) is 36.9 Å². The molecule has 4 aromatic carbocycles. The van der Waals surface area contributed by atoms with Gasteiger partial charge in [-0.15, -0.1) is 0 Å². The lowest BCUT2D eigenvalue weighted by atomic mass is 9.82. The molecule has 0 bridgehead atoms. The molecule has 0 saturated carbocycles. The summed E-state index contributed by atoms with van der Waals surface area (Å²) in [5.74, 6) is 0.121. The van der Waals surface area contributed by atoms with Crippen LogP contribution in [0.25, 0.3) is 11.1 Å². The van der Waals surface area contributed by atoms with Crippen molar-refractivity contribution in [3.05, 3.63) is 143 Å². The number of ether oxygens (including phenoxy) is 4. The summed E-state index contributed by atoms with van der Waals surface area (Å²) in [6, 6.07) is 22.6. The zero-order chi connectivity index (χ0) is 32.1. The molecule has 1 aliphatic rings. The first-order valence-corrected chi connectivity index (χ1v) is 15.0. The number of hydrogen-bond acceptors (Lipinski definition) is 6. The first kappa shape index (κ1) is 31.3. The van der Waals surface area contributed by atoms with Crippen molar-refractivity contribution in [1.29, 1.82) is 0 Å². The molecule has 0 radical (unpaired) electrons. The maximum Gasteiger partial charge on any atom is 0.343 e. The van der Waals surface area contributed by atoms with Crippen molar-refractivity contribution in [1.82, 2.24) is 0 Å². The Bertz CT molecular complexity index is 1650. The summed E-state index contributed by atoms with van der Waals surface area (Å²) in [7, 11) is 0. The second-order valence-corrected chi connectivity index (χ2v) is 11.7. The van der Waals surface area contributed by atoms with Crippen molar-refractivity contribution < 1.29 is 28.5 Å². The molecule has 6 nitrogen and oxygen atoms in total. The average Bonchev–Trinajstić information content (AvgIpc) is 3.24. The molecule has 0 unspecified atom stereocenters. The highest BCUT2D eigenvalue weighted by Gasteiger charge is 2.36. The molecular weight excluding hydrogens is 564 g/mol. The van der Waals surface area contributed by atoms with Crippen molar-refractivity contribution in [2.45, 2.75) is 46.0 Å². The largest absolute Gasteiger partial charge is 0.501 e. The van der Waals surface area contributed by atoms with Crippen molar-refractivity contribution >= 4 is 11.9 Å². The van der Waals surface area contributed by atoms with Gasteiger partial charge in [-0.2, -0.15) is 0 Å². The maximum absolute atomic E-state index is 13.1. The zero-order valence-electron chi connectivity index (χ0n) is 26.3. The molecule has 0 amide bonds. The first-order valence-electron chi connectivity index (χ1n) is 15.0. The van der Waals surface area contributed by atoms with Gasteiger partial charge in [-0.1, -0.05) is 51.3 Å². The van der Waals surface area contributed by atoms with Crippen LogP contribution >= 0.6 is 0 Å². The Labute approximate surface area is 264 Å². The summed E-state index contributed by atoms with van der Waals surface area (Å²) in [4.78, 5) is 26.1. The fourth-order valence-electron chi connectivity index (χ4n) is 5.87. The molecule has 1 aliphatic carbocycles. The van der Waals surface area contributed by atoms with Crippen LogP contribution in [0.15, 0.2) is 98.5 Å². The third kappa shape index (κ3) is 6.70. The SMILES string of the molecule is C=COCCc1ccc(C(=O)Oc2ccc3c(c2)C(C)(C)c2cc(OC(=O)c4ccc(CCOC=C)c(C)c4)ccc2-3)cc1C. The molecule has 0 saturated heterocycles. The molecule has 6 heteroatoms. The number of hydrogen-bond donors (Lipinski definition) is 0. The summed E-state index contributed by atoms with van der Waals surface area (Å²) >= 11 is 0. The molecule has 0 heterocycles. The lowest BCUT2D eigenvalue weighted by Crippen LogP contribution is -2.16. The minimum Gasteiger partial charge on any atom is -0.501 e. The van der Waals surface area contributed by atoms with Crippen LogP contribution in [0.5, 0.6) is 11.5 Å². The van der Waals surface area contributed by atoms with Crippen molar-refractivity contribution in [3.8, 4) is 22.6 Å². The number of rotatable bonds is 12. The first-order chi connectivity index (χ1) is 21.6. The molecule has 0 aromatic heterocycles. The molecule has 230 valence electrons. The third-order valence-electron chi connectivity index (χ3n) is 8.41. The van der Waals surface area contributed by atoms with Gasteiger partial charge in [0.15, 0.2) is 0 Å². The highest BCUT2D eigenvalue weighted by molar-refractivity contribution is 5.93. The monoisotopic (exact) mass is 602 g/mol. The van der Waals surface area contributed by atoms with Gasteiger partial charge in [0, 0.05) is 18.3 Å². The second-order valence-electron chi connectivity index (χ2n) is 11.7. The molecule has 45 heavy (non-hydrogen) atoms. The smallest absolute Gasteiger partial charge is 0.343 e. The van der Waals surface area contributed by atoms with Crippen molar-refractivity contribution in [2.24, 2.45) is 0 Å². The summed E-state index contributed by atoms with van der Waals surface area (Å²) in [5.41, 5.74) is 8.96. The molecule has 4 aromatic rings. The van der Waals surface area contributed by atoms with Crippen LogP contribution in [0.2, 0.25) is 0 Å². The summed E-state index contributed by atoms with van der Waals surface area (Å²) in [6.45, 7) is 16.4. The van der Waals surface area contributed by atoms with Crippen LogP contribution in [-0.2, 0) is 27.7 Å². The minimum atomic E-state index is -0.414. The number of carbonyl (C=O) groups is 2. The molecular formula is C39H38O6. The minimum absolute atomic E-state index is 0.410. The maximum atomic E-state index is 13.1. The quantitative estimate of drug-likeness (QED) is 0.0701. The van der Waals surface area contributed by atoms with Gasteiger partial charge in [0.25, 0.3) is 0 Å². The second kappa shape index (κ2) is 13.3. The summed E-state index contributed by atoms with van der Waals surface area (Å²) in [5, 5.41) is 0. The number of fused-ring (bicyclic) bond motifs is 3. The Balaban J connectivity index is 1.30. The third-order valence-corrected chi connectivity index (χ3v) is 8.41. The Morgan fingerprint density at radius 2 is 1.07 bits per heavy atom. The molecule has 0 fully saturated rings. The number of carbonyl (C=O) groups excluding carboxylic acids is 2. The van der Waals surface area contributed by atoms with Crippen LogP contribution in [0.1, 0.15) is 67.9 Å². The highest BCUT2D eigenvalue weighted by Crippen LogP contribution is 2.50. The van der Waals surface area contributed by atoms with Crippen LogP contribution in [0.3, 0.4) is 0 Å². The summed E-state index contributed by atoms with van der Waals surface area (Å²) in [6.07, 6.45) is 4.32. The van der Waals surface area contributed by atoms with E-state index in [0.29, 0.717) is 35.8 Å². The van der Waals surface area contributed by atoms with Crippen LogP contribution < -0.4 is 9.47 Å². The Morgan fingerprint density at radius 3 is 1.44 bits per heavy atom. The van der Waals surface area contributed by atoms with E-state index in [-0.39, 0.29) is 0 Å². The van der Waals surface area contributed by atoms with E-state index in [1.54, 1.807) is 12.1 Å². The lowest BCUT2D eigenvalue weighted by Gasteiger charge is -2.22. The standard InChI is InChI=1S/C39H38O6/c1-7-42-19-17-27-9-11-29(21-25(27)3)37(40)44-31-13-15-33-34-16-14-32(24-36(34)39(5,6)35(33)23-31)45-38(41)30-12-10-28(26(4)22-30)18-20-43-8-2/h7-16,21-24H,1-2,17-20H2,3-6H3. The fourth-order valence-corrected chi connectivity index (χ4v) is 5.87. The van der Waals surface area contributed by atoms with Crippen molar-refractivity contribution in [3.63, 3.8) is 0 Å². The summed E-state index contributed by atoms with van der Waals surface area (Å²) < 4.78 is 22.1. The van der Waals surface area contributed by atoms with E-state index in [1.807, 2.05) is 74.5 Å². The Hall–Kier alpha value is -5.10. The van der Waals surface area contributed by atoms with E-state index in [4.69, 9.17) is 18.9 Å². The van der Waals surface area contributed by atoms with E-state index in [0.717, 1.165) is 57.3 Å². The van der Waals surface area contributed by atoms with Crippen LogP contribution in [0, 0.1) is 13.8 Å². The highest BCUT2D eigenvalue weighted by atomic mass is 16.5. The average molecular weight is 603 g/mol. The topological polar surface area (TPSA) is 71.1 Å². The van der Waals surface area contributed by atoms with Crippen LogP contribution in [-0.4, -0.2) is 25.2 Å². The van der Waals surface area contributed by atoms with Gasteiger partial charge in [0.1, 0.15) is 11.5 Å². The van der Waals surface area contributed by atoms with Gasteiger partial charge in [-0.3, -0.25) is 0 Å². The van der Waals surface area contributed by atoms with E-state index in [2.05, 4.69) is 27.0 Å². The number of benzene rings is 4. The van der Waals surface area contributed by atoms with Gasteiger partial charge in [-0.25, -0.2) is 9.59 Å². The van der Waals surface area contributed by atoms with Gasteiger partial charge in [0.2, 0.25) is 0 Å². The fraction of sp³-hybridized carbons (Fsp3) is 0.231. The zero-order valence-corrected chi connectivity index (χ0v) is 26.3. The normalized spacial score (nSPS) is 12.4. The van der Waals surface area contributed by atoms with Gasteiger partial charge < -0.3 is 18.9 Å². The molecule has 0 spiro atoms. The predicted octanol–water partition coefficient (Wildman–Crippen LogP) is 8.45. The van der Waals surface area contributed by atoms with E-state index < -0.39 is 17.4 Å². The Morgan fingerprint density at radius 1 is 0.644 bits per heavy atom. The molecule has 0 aliphatic heterocycles. The predicted molar refractivity (Wildman–Crippen MR) is 176 cm³/mol. The molecule has 0 atom stereocenters. The van der Waals surface area contributed by atoms with Gasteiger partial charge >= 0.3 is 11.9 Å². The number of aryl methyl sites for hydroxylation is 2. The Kier molecular flexibility index (Phi) is 9.24. The molecule has 5 rings (SSSR count). The van der Waals surface area contributed by atoms with Crippen molar-refractivity contribution in [2.75, 3.05) is 13.2 Å². The van der Waals surface area contributed by atoms with E-state index >= 15 is 0 Å². The van der Waals surface area contributed by atoms with Gasteiger partial charge in [-0.05, 0) is 107 Å². The van der Waals surface area contributed by atoms with E-state index in [1.165, 1.54) is 12.5 Å². The van der Waals surface area contributed by atoms with E-state index in [9.17, 15) is 9.59 Å². The van der Waals surface area contributed by atoms with Crippen LogP contribution in [0.4, 0.5) is 0 Å². The number of esters is 2. The molecule has 0 N–H and O–H groups in total. The lowest BCUT2D eigenvalue weighted by molar-refractivity contribution is 0.0725.